The summed E-state index contributed by atoms with van der Waals surface area (Å²) in [6, 6.07) is -0.902. The summed E-state index contributed by atoms with van der Waals surface area (Å²) in [5, 5.41) is 21.8. The molecule has 0 aromatic carbocycles. The fraction of sp³-hybridized carbons (Fsp3) is 0.560. The zero-order valence-corrected chi connectivity index (χ0v) is 20.5. The Balaban J connectivity index is 4.99. The Morgan fingerprint density at radius 2 is 1.76 bits per heavy atom. The molecule has 0 aliphatic heterocycles. The molecular weight excluding hydrogens is 440 g/mol. The summed E-state index contributed by atoms with van der Waals surface area (Å²) in [5.74, 6) is -2.71. The van der Waals surface area contributed by atoms with Gasteiger partial charge in [0.1, 0.15) is 0 Å². The fourth-order valence-electron chi connectivity index (χ4n) is 3.02. The number of aliphatic carboxylic acids is 1. The van der Waals surface area contributed by atoms with Gasteiger partial charge < -0.3 is 21.3 Å². The predicted octanol–water partition coefficient (Wildman–Crippen LogP) is 3.36. The molecular formula is C25H40N2O5S. The number of nitrogens with two attached hydrogens (primary N) is 1. The molecule has 33 heavy (non-hydrogen) atoms. The molecule has 5 N–H and O–H groups in total. The topological polar surface area (TPSA) is 130 Å². The number of rotatable bonds is 19. The first kappa shape index (κ1) is 30.8. The van der Waals surface area contributed by atoms with Gasteiger partial charge in [0.15, 0.2) is 5.78 Å². The Kier molecular flexibility index (Phi) is 19.1. The quantitative estimate of drug-likeness (QED) is 0.0834. The normalized spacial score (nSPS) is 14.9. The number of aliphatic hydroxyl groups is 1. The highest BCUT2D eigenvalue weighted by Gasteiger charge is 2.30. The zero-order chi connectivity index (χ0) is 24.9. The number of aliphatic hydroxyl groups excluding tert-OH is 1. The number of hydrogen-bond acceptors (Lipinski definition) is 6. The van der Waals surface area contributed by atoms with Crippen molar-refractivity contribution in [2.75, 3.05) is 12.3 Å². The molecule has 3 atom stereocenters. The second kappa shape index (κ2) is 20.4. The van der Waals surface area contributed by atoms with Crippen LogP contribution in [0.25, 0.3) is 0 Å². The van der Waals surface area contributed by atoms with Crippen LogP contribution in [-0.2, 0) is 14.4 Å². The lowest BCUT2D eigenvalue weighted by Crippen LogP contribution is -2.48. The van der Waals surface area contributed by atoms with Crippen molar-refractivity contribution in [2.45, 2.75) is 70.4 Å². The van der Waals surface area contributed by atoms with Gasteiger partial charge in [-0.3, -0.25) is 14.4 Å². The molecule has 186 valence electrons. The Morgan fingerprint density at radius 1 is 1.03 bits per heavy atom. The van der Waals surface area contributed by atoms with Gasteiger partial charge in [0, 0.05) is 12.2 Å². The molecule has 0 aromatic rings. The van der Waals surface area contributed by atoms with E-state index in [0.29, 0.717) is 0 Å². The maximum atomic E-state index is 12.9. The zero-order valence-electron chi connectivity index (χ0n) is 19.6. The van der Waals surface area contributed by atoms with Gasteiger partial charge in [-0.15, -0.1) is 0 Å². The highest BCUT2D eigenvalue weighted by molar-refractivity contribution is 7.80. The van der Waals surface area contributed by atoms with Crippen LogP contribution >= 0.6 is 12.6 Å². The second-order valence-corrected chi connectivity index (χ2v) is 8.05. The summed E-state index contributed by atoms with van der Waals surface area (Å²) in [5.41, 5.74) is 5.30. The van der Waals surface area contributed by atoms with Crippen LogP contribution in [0.3, 0.4) is 0 Å². The minimum absolute atomic E-state index is 0.0568. The number of nitrogens with one attached hydrogen (secondary N) is 1. The van der Waals surface area contributed by atoms with Gasteiger partial charge in [0.25, 0.3) is 0 Å². The number of carbonyl (C=O) groups excluding carboxylic acids is 2. The number of hydrogen-bond donors (Lipinski definition) is 5. The molecule has 0 radical (unpaired) electrons. The molecule has 0 aliphatic rings. The fourth-order valence-corrected chi connectivity index (χ4v) is 3.29. The van der Waals surface area contributed by atoms with Crippen molar-refractivity contribution in [1.82, 2.24) is 5.32 Å². The smallest absolute Gasteiger partial charge is 0.303 e. The monoisotopic (exact) mass is 480 g/mol. The lowest BCUT2D eigenvalue weighted by atomic mass is 9.89. The van der Waals surface area contributed by atoms with E-state index >= 15 is 0 Å². The molecule has 7 nitrogen and oxygen atoms in total. The van der Waals surface area contributed by atoms with Crippen molar-refractivity contribution in [2.24, 2.45) is 11.7 Å². The number of ketones is 1. The second-order valence-electron chi connectivity index (χ2n) is 7.69. The lowest BCUT2D eigenvalue weighted by molar-refractivity contribution is -0.137. The number of Topliss-reactive ketones (excluding diaryl/α,β-unsaturated/α-hetero) is 1. The van der Waals surface area contributed by atoms with Gasteiger partial charge in [0.05, 0.1) is 24.6 Å². The minimum Gasteiger partial charge on any atom is -0.481 e. The standard InChI is InChI=1S/C25H40N2O5S/c1-2-3-4-5-6-7-8-9-10-11-12-13-15-20(22(28)16-14-17-24(30)31)25(32)21(19-33)27-23(29)18-26/h6-7,9-13,15,20-22,28,33H,2-5,8,14,16-19,26H2,1H3,(H,27,29)(H,30,31)/b7-6-,10-9?,12-11?,15-13+/t20-,21?,22-/m0/s1. The summed E-state index contributed by atoms with van der Waals surface area (Å²) in [7, 11) is 0. The molecule has 0 fully saturated rings. The Bertz CT molecular complexity index is 688. The van der Waals surface area contributed by atoms with Crippen LogP contribution in [-0.4, -0.2) is 52.3 Å². The van der Waals surface area contributed by atoms with E-state index in [-0.39, 0.29) is 31.6 Å². The SMILES string of the molecule is CCCCC/C=C\CC=CC=C/C=C/[C@H](C(=O)C(CS)NC(=O)CN)[C@@H](O)CCCC(=O)O. The van der Waals surface area contributed by atoms with E-state index in [4.69, 9.17) is 10.8 Å². The summed E-state index contributed by atoms with van der Waals surface area (Å²) < 4.78 is 0. The lowest BCUT2D eigenvalue weighted by Gasteiger charge is -2.24. The van der Waals surface area contributed by atoms with Gasteiger partial charge in [-0.05, 0) is 32.1 Å². The Hall–Kier alpha value is -2.16. The first-order chi connectivity index (χ1) is 15.9. The molecule has 1 unspecified atom stereocenters. The summed E-state index contributed by atoms with van der Waals surface area (Å²) in [6.07, 6.45) is 19.9. The molecule has 0 rings (SSSR count). The third-order valence-electron chi connectivity index (χ3n) is 4.88. The van der Waals surface area contributed by atoms with Gasteiger partial charge in [0.2, 0.25) is 5.91 Å². The molecule has 0 bridgehead atoms. The van der Waals surface area contributed by atoms with Crippen LogP contribution in [0.5, 0.6) is 0 Å². The van der Waals surface area contributed by atoms with Crippen molar-refractivity contribution in [3.63, 3.8) is 0 Å². The van der Waals surface area contributed by atoms with E-state index in [1.54, 1.807) is 18.2 Å². The van der Waals surface area contributed by atoms with Crippen LogP contribution in [0.15, 0.2) is 48.6 Å². The molecule has 0 heterocycles. The average Bonchev–Trinajstić information content (AvgIpc) is 2.79. The van der Waals surface area contributed by atoms with Crippen molar-refractivity contribution in [3.8, 4) is 0 Å². The summed E-state index contributed by atoms with van der Waals surface area (Å²) in [4.78, 5) is 35.3. The maximum absolute atomic E-state index is 12.9. The third kappa shape index (κ3) is 16.2. The number of allylic oxidation sites excluding steroid dienone is 7. The van der Waals surface area contributed by atoms with E-state index < -0.39 is 35.7 Å². The van der Waals surface area contributed by atoms with E-state index in [0.717, 1.165) is 12.8 Å². The Labute approximate surface area is 203 Å². The minimum atomic E-state index is -1.08. The van der Waals surface area contributed by atoms with Crippen molar-refractivity contribution >= 4 is 30.3 Å². The van der Waals surface area contributed by atoms with Crippen LogP contribution in [0.1, 0.15) is 58.3 Å². The van der Waals surface area contributed by atoms with Crippen molar-refractivity contribution in [3.05, 3.63) is 48.6 Å². The average molecular weight is 481 g/mol. The number of amides is 1. The molecule has 0 saturated carbocycles. The first-order valence-corrected chi connectivity index (χ1v) is 12.2. The number of unbranched alkanes of at least 4 members (excludes halogenated alkanes) is 3. The van der Waals surface area contributed by atoms with Crippen LogP contribution in [0.4, 0.5) is 0 Å². The van der Waals surface area contributed by atoms with Gasteiger partial charge >= 0.3 is 5.97 Å². The predicted molar refractivity (Wildman–Crippen MR) is 136 cm³/mol. The maximum Gasteiger partial charge on any atom is 0.303 e. The van der Waals surface area contributed by atoms with Crippen LogP contribution in [0.2, 0.25) is 0 Å². The van der Waals surface area contributed by atoms with Crippen molar-refractivity contribution in [1.29, 1.82) is 0 Å². The van der Waals surface area contributed by atoms with Gasteiger partial charge in [-0.2, -0.15) is 12.6 Å². The Morgan fingerprint density at radius 3 is 2.39 bits per heavy atom. The summed E-state index contributed by atoms with van der Waals surface area (Å²) in [6.45, 7) is 1.92. The largest absolute Gasteiger partial charge is 0.481 e. The number of carbonyl (C=O) groups is 3. The van der Waals surface area contributed by atoms with E-state index in [9.17, 15) is 19.5 Å². The molecule has 0 aromatic heterocycles. The molecule has 0 spiro atoms. The highest BCUT2D eigenvalue weighted by Crippen LogP contribution is 2.17. The van der Waals surface area contributed by atoms with Gasteiger partial charge in [-0.25, -0.2) is 0 Å². The van der Waals surface area contributed by atoms with Crippen LogP contribution < -0.4 is 11.1 Å². The molecule has 1 amide bonds. The van der Waals surface area contributed by atoms with E-state index in [1.807, 2.05) is 18.2 Å². The van der Waals surface area contributed by atoms with Crippen LogP contribution in [0, 0.1) is 5.92 Å². The van der Waals surface area contributed by atoms with Gasteiger partial charge in [-0.1, -0.05) is 68.4 Å². The number of carboxylic acid groups (broad SMARTS) is 1. The number of carboxylic acids is 1. The van der Waals surface area contributed by atoms with E-state index in [2.05, 4.69) is 37.0 Å². The molecule has 0 aliphatic carbocycles. The highest BCUT2D eigenvalue weighted by atomic mass is 32.1. The first-order valence-electron chi connectivity index (χ1n) is 11.6. The molecule has 0 saturated heterocycles. The number of thiol groups is 1. The molecule has 8 heteroatoms. The van der Waals surface area contributed by atoms with Crippen molar-refractivity contribution < 1.29 is 24.6 Å². The summed E-state index contributed by atoms with van der Waals surface area (Å²) >= 11 is 4.13. The third-order valence-corrected chi connectivity index (χ3v) is 5.25. The van der Waals surface area contributed by atoms with E-state index in [1.165, 1.54) is 19.3 Å².